The number of carbonyl (C=O) groups is 1. The first-order valence-electron chi connectivity index (χ1n) is 8.99. The fourth-order valence-electron chi connectivity index (χ4n) is 2.85. The highest BCUT2D eigenvalue weighted by Crippen LogP contribution is 2.36. The van der Waals surface area contributed by atoms with Gasteiger partial charge in [0.25, 0.3) is 15.9 Å². The molecule has 3 aromatic carbocycles. The molecule has 0 aliphatic heterocycles. The van der Waals surface area contributed by atoms with E-state index >= 15 is 0 Å². The molecule has 0 aliphatic carbocycles. The largest absolute Gasteiger partial charge is 0.298 e. The first-order chi connectivity index (χ1) is 14.7. The van der Waals surface area contributed by atoms with Gasteiger partial charge in [0.2, 0.25) is 0 Å². The summed E-state index contributed by atoms with van der Waals surface area (Å²) in [5.74, 6) is -0.520. The summed E-state index contributed by atoms with van der Waals surface area (Å²) in [6.45, 7) is 1.87. The van der Waals surface area contributed by atoms with Gasteiger partial charge in [0.05, 0.1) is 30.9 Å². The molecule has 31 heavy (non-hydrogen) atoms. The van der Waals surface area contributed by atoms with Crippen molar-refractivity contribution < 1.29 is 13.2 Å². The fourth-order valence-corrected chi connectivity index (χ4v) is 5.35. The fraction of sp³-hybridized carbons (Fsp3) is 0.0476. The van der Waals surface area contributed by atoms with Crippen molar-refractivity contribution >= 4 is 71.5 Å². The van der Waals surface area contributed by atoms with Crippen LogP contribution < -0.4 is 10.0 Å². The molecule has 10 heteroatoms. The number of anilines is 2. The van der Waals surface area contributed by atoms with Crippen LogP contribution in [0.15, 0.2) is 65.6 Å². The Kier molecular flexibility index (Phi) is 5.90. The molecule has 0 atom stereocenters. The van der Waals surface area contributed by atoms with E-state index in [1.807, 2.05) is 6.92 Å². The maximum atomic E-state index is 12.9. The highest BCUT2D eigenvalue weighted by atomic mass is 35.5. The average Bonchev–Trinajstić information content (AvgIpc) is 3.16. The number of carbonyl (C=O) groups excluding carboxylic acids is 1. The number of aromatic nitrogens is 1. The number of fused-ring (bicyclic) bond motifs is 1. The zero-order valence-corrected chi connectivity index (χ0v) is 19.2. The normalized spacial score (nSPS) is 11.5. The van der Waals surface area contributed by atoms with Gasteiger partial charge in [-0.05, 0) is 43.3 Å². The van der Waals surface area contributed by atoms with Crippen LogP contribution in [0.25, 0.3) is 10.2 Å². The van der Waals surface area contributed by atoms with Crippen LogP contribution in [0, 0.1) is 6.92 Å². The van der Waals surface area contributed by atoms with Crippen LogP contribution >= 0.6 is 34.5 Å². The predicted octanol–water partition coefficient (Wildman–Crippen LogP) is 5.96. The number of rotatable bonds is 5. The molecule has 0 aliphatic rings. The molecular weight excluding hydrogens is 477 g/mol. The molecule has 1 aromatic heterocycles. The topological polar surface area (TPSA) is 88.2 Å². The Morgan fingerprint density at radius 2 is 1.65 bits per heavy atom. The number of nitrogens with one attached hydrogen (secondary N) is 2. The van der Waals surface area contributed by atoms with Crippen molar-refractivity contribution in [3.8, 4) is 0 Å². The third-order valence-electron chi connectivity index (χ3n) is 4.41. The first-order valence-corrected chi connectivity index (χ1v) is 12.0. The van der Waals surface area contributed by atoms with E-state index < -0.39 is 15.9 Å². The maximum Gasteiger partial charge on any atom is 0.261 e. The van der Waals surface area contributed by atoms with Crippen LogP contribution in [0.1, 0.15) is 15.9 Å². The van der Waals surface area contributed by atoms with E-state index in [2.05, 4.69) is 15.0 Å². The van der Waals surface area contributed by atoms with Crippen molar-refractivity contribution in [2.24, 2.45) is 0 Å². The second kappa shape index (κ2) is 8.47. The molecular formula is C21H15Cl2N3O3S2. The number of nitrogens with zero attached hydrogens (tertiary/aromatic N) is 1. The lowest BCUT2D eigenvalue weighted by Gasteiger charge is -2.12. The van der Waals surface area contributed by atoms with Crippen molar-refractivity contribution in [1.29, 1.82) is 0 Å². The van der Waals surface area contributed by atoms with Crippen LogP contribution in [-0.4, -0.2) is 19.3 Å². The van der Waals surface area contributed by atoms with E-state index in [9.17, 15) is 13.2 Å². The van der Waals surface area contributed by atoms with Gasteiger partial charge in [-0.15, -0.1) is 0 Å². The summed E-state index contributed by atoms with van der Waals surface area (Å²) in [5, 5.41) is 3.88. The summed E-state index contributed by atoms with van der Waals surface area (Å²) >= 11 is 13.5. The number of sulfonamides is 1. The highest BCUT2D eigenvalue weighted by Gasteiger charge is 2.20. The third kappa shape index (κ3) is 4.52. The zero-order valence-electron chi connectivity index (χ0n) is 16.0. The SMILES string of the molecule is Cc1ccc(S(=O)(=O)Nc2ccccc2C(=O)Nc2nc3c(Cl)ccc(Cl)c3s2)cc1. The summed E-state index contributed by atoms with van der Waals surface area (Å²) in [7, 11) is -3.87. The molecule has 0 bridgehead atoms. The van der Waals surface area contributed by atoms with Gasteiger partial charge in [-0.1, -0.05) is 64.4 Å². The number of hydrogen-bond donors (Lipinski definition) is 2. The van der Waals surface area contributed by atoms with E-state index in [-0.39, 0.29) is 16.1 Å². The lowest BCUT2D eigenvalue weighted by atomic mass is 10.2. The second-order valence-corrected chi connectivity index (χ2v) is 10.1. The minimum Gasteiger partial charge on any atom is -0.298 e. The van der Waals surface area contributed by atoms with Crippen molar-refractivity contribution in [2.75, 3.05) is 10.0 Å². The number of aryl methyl sites for hydroxylation is 1. The van der Waals surface area contributed by atoms with E-state index in [1.54, 1.807) is 36.4 Å². The lowest BCUT2D eigenvalue weighted by Crippen LogP contribution is -2.18. The molecule has 0 saturated carbocycles. The first kappa shape index (κ1) is 21.6. The van der Waals surface area contributed by atoms with Crippen molar-refractivity contribution in [3.05, 3.63) is 81.8 Å². The number of amides is 1. The van der Waals surface area contributed by atoms with Gasteiger partial charge in [0.15, 0.2) is 5.13 Å². The number of para-hydroxylation sites is 1. The molecule has 4 rings (SSSR count). The van der Waals surface area contributed by atoms with Gasteiger partial charge in [0.1, 0.15) is 5.52 Å². The Labute approximate surface area is 192 Å². The van der Waals surface area contributed by atoms with Crippen LogP contribution in [0.4, 0.5) is 10.8 Å². The molecule has 2 N–H and O–H groups in total. The second-order valence-electron chi connectivity index (χ2n) is 6.64. The van der Waals surface area contributed by atoms with E-state index in [4.69, 9.17) is 23.2 Å². The quantitative estimate of drug-likeness (QED) is 0.360. The van der Waals surface area contributed by atoms with Crippen LogP contribution in [0.5, 0.6) is 0 Å². The average molecular weight is 492 g/mol. The highest BCUT2D eigenvalue weighted by molar-refractivity contribution is 7.92. The minimum atomic E-state index is -3.87. The Morgan fingerprint density at radius 3 is 2.35 bits per heavy atom. The summed E-state index contributed by atoms with van der Waals surface area (Å²) in [5.41, 5.74) is 1.73. The Morgan fingerprint density at radius 1 is 0.968 bits per heavy atom. The van der Waals surface area contributed by atoms with Crippen molar-refractivity contribution in [1.82, 2.24) is 4.98 Å². The molecule has 158 valence electrons. The van der Waals surface area contributed by atoms with Crippen LogP contribution in [0.3, 0.4) is 0 Å². The number of halogens is 2. The van der Waals surface area contributed by atoms with Crippen molar-refractivity contribution in [3.63, 3.8) is 0 Å². The monoisotopic (exact) mass is 491 g/mol. The van der Waals surface area contributed by atoms with E-state index in [0.29, 0.717) is 25.4 Å². The maximum absolute atomic E-state index is 12.9. The standard InChI is InChI=1S/C21H15Cl2N3O3S2/c1-12-6-8-13(9-7-12)31(28,29)26-17-5-3-2-4-14(17)20(27)25-21-24-18-15(22)10-11-16(23)19(18)30-21/h2-11,26H,1H3,(H,24,25,27). The van der Waals surface area contributed by atoms with Gasteiger partial charge in [0, 0.05) is 0 Å². The number of thiazole rings is 1. The molecule has 0 spiro atoms. The molecule has 0 fully saturated rings. The van der Waals surface area contributed by atoms with Crippen molar-refractivity contribution in [2.45, 2.75) is 11.8 Å². The van der Waals surface area contributed by atoms with Crippen LogP contribution in [0.2, 0.25) is 10.0 Å². The molecule has 0 unspecified atom stereocenters. The van der Waals surface area contributed by atoms with Gasteiger partial charge >= 0.3 is 0 Å². The Bertz CT molecular complexity index is 1360. The summed E-state index contributed by atoms with van der Waals surface area (Å²) in [4.78, 5) is 17.3. The Balaban J connectivity index is 1.62. The summed E-state index contributed by atoms with van der Waals surface area (Å²) in [6.07, 6.45) is 0. The van der Waals surface area contributed by atoms with Crippen LogP contribution in [-0.2, 0) is 10.0 Å². The third-order valence-corrected chi connectivity index (χ3v) is 7.53. The van der Waals surface area contributed by atoms with Gasteiger partial charge < -0.3 is 0 Å². The number of hydrogen-bond acceptors (Lipinski definition) is 5. The molecule has 1 heterocycles. The summed E-state index contributed by atoms with van der Waals surface area (Å²) in [6, 6.07) is 16.0. The van der Waals surface area contributed by atoms with Gasteiger partial charge in [-0.25, -0.2) is 13.4 Å². The van der Waals surface area contributed by atoms with Gasteiger partial charge in [-0.3, -0.25) is 14.8 Å². The van der Waals surface area contributed by atoms with E-state index in [1.165, 1.54) is 35.6 Å². The summed E-state index contributed by atoms with van der Waals surface area (Å²) < 4.78 is 28.6. The lowest BCUT2D eigenvalue weighted by molar-refractivity contribution is 0.102. The zero-order chi connectivity index (χ0) is 22.2. The minimum absolute atomic E-state index is 0.101. The molecule has 6 nitrogen and oxygen atoms in total. The van der Waals surface area contributed by atoms with Gasteiger partial charge in [-0.2, -0.15) is 0 Å². The molecule has 1 amide bonds. The number of benzene rings is 3. The predicted molar refractivity (Wildman–Crippen MR) is 126 cm³/mol. The van der Waals surface area contributed by atoms with E-state index in [0.717, 1.165) is 5.56 Å². The molecule has 0 saturated heterocycles. The smallest absolute Gasteiger partial charge is 0.261 e. The molecule has 0 radical (unpaired) electrons. The Hall–Kier alpha value is -2.65. The molecule has 4 aromatic rings.